The molecule has 6 nitrogen and oxygen atoms in total. The molecule has 0 spiro atoms. The number of aromatic nitrogens is 4. The van der Waals surface area contributed by atoms with Crippen molar-refractivity contribution in [3.8, 4) is 22.9 Å². The van der Waals surface area contributed by atoms with E-state index in [1.54, 1.807) is 13.3 Å². The molecule has 3 heterocycles. The number of rotatable bonds is 20. The van der Waals surface area contributed by atoms with E-state index in [-0.39, 0.29) is 0 Å². The Hall–Kier alpha value is -3.67. The van der Waals surface area contributed by atoms with Crippen molar-refractivity contribution in [1.82, 2.24) is 19.9 Å². The van der Waals surface area contributed by atoms with Gasteiger partial charge in [0, 0.05) is 28.7 Å². The highest BCUT2D eigenvalue weighted by Gasteiger charge is 2.16. The molecule has 0 unspecified atom stereocenters. The van der Waals surface area contributed by atoms with E-state index in [1.807, 2.05) is 36.5 Å². The highest BCUT2D eigenvalue weighted by atomic mass is 16.5. The van der Waals surface area contributed by atoms with Gasteiger partial charge in [0.25, 0.3) is 0 Å². The molecule has 5 rings (SSSR count). The summed E-state index contributed by atoms with van der Waals surface area (Å²) in [5.74, 6) is 2.28. The van der Waals surface area contributed by atoms with Gasteiger partial charge in [-0.3, -0.25) is 9.97 Å². The van der Waals surface area contributed by atoms with Gasteiger partial charge >= 0.3 is 0 Å². The number of H-pyrrole nitrogens is 1. The van der Waals surface area contributed by atoms with Gasteiger partial charge in [-0.25, -0.2) is 4.98 Å². The number of benzene rings is 2. The number of ether oxygens (including phenoxy) is 2. The summed E-state index contributed by atoms with van der Waals surface area (Å²) in [7, 11) is 1.69. The Balaban J connectivity index is 1.04. The molecular formula is C38H50N4O2. The topological polar surface area (TPSA) is 72.9 Å². The third-order valence-corrected chi connectivity index (χ3v) is 8.76. The summed E-state index contributed by atoms with van der Waals surface area (Å²) in [6.07, 6.45) is 25.5. The summed E-state index contributed by atoms with van der Waals surface area (Å²) in [5.41, 5.74) is 4.55. The summed E-state index contributed by atoms with van der Waals surface area (Å²) in [6.45, 7) is 2.99. The van der Waals surface area contributed by atoms with Crippen LogP contribution in [0.15, 0.2) is 54.9 Å². The molecule has 1 N–H and O–H groups in total. The van der Waals surface area contributed by atoms with Gasteiger partial charge in [0.2, 0.25) is 0 Å². The molecule has 5 aromatic rings. The molecule has 44 heavy (non-hydrogen) atoms. The van der Waals surface area contributed by atoms with Gasteiger partial charge in [-0.15, -0.1) is 0 Å². The van der Waals surface area contributed by atoms with Crippen LogP contribution in [0.4, 0.5) is 0 Å². The quantitative estimate of drug-likeness (QED) is 0.0717. The molecule has 2 aromatic carbocycles. The van der Waals surface area contributed by atoms with Crippen LogP contribution in [0.25, 0.3) is 44.2 Å². The lowest BCUT2D eigenvalue weighted by molar-refractivity contribution is 0.284. The van der Waals surface area contributed by atoms with Crippen LogP contribution in [-0.4, -0.2) is 33.7 Å². The Kier molecular flexibility index (Phi) is 12.3. The molecule has 0 saturated heterocycles. The van der Waals surface area contributed by atoms with E-state index < -0.39 is 0 Å². The van der Waals surface area contributed by atoms with Gasteiger partial charge in [-0.1, -0.05) is 103 Å². The van der Waals surface area contributed by atoms with E-state index in [0.29, 0.717) is 6.61 Å². The van der Waals surface area contributed by atoms with Crippen molar-refractivity contribution in [1.29, 1.82) is 0 Å². The first-order chi connectivity index (χ1) is 21.8. The first-order valence-corrected chi connectivity index (χ1v) is 17.1. The van der Waals surface area contributed by atoms with Crippen molar-refractivity contribution in [2.24, 2.45) is 0 Å². The Bertz CT molecular complexity index is 1520. The SMILES string of the molecule is CCCCCCCCCCCCCCCCCCOc1ccc(-c2nc3c4cccnc4c4ncccc4c3[nH]2)cc1OC. The lowest BCUT2D eigenvalue weighted by Crippen LogP contribution is -1.99. The van der Waals surface area contributed by atoms with Gasteiger partial charge in [0.1, 0.15) is 5.82 Å². The summed E-state index contributed by atoms with van der Waals surface area (Å²) < 4.78 is 11.9. The van der Waals surface area contributed by atoms with Crippen molar-refractivity contribution < 1.29 is 9.47 Å². The standard InChI is InChI=1S/C38H50N4O2/c1-3-4-5-6-7-8-9-10-11-12-13-14-15-16-17-18-27-44-32-24-23-29(28-33(32)43-2)38-41-36-30-21-19-25-39-34(30)35-31(37(36)42-38)22-20-26-40-35/h19-26,28H,3-18,27H2,1-2H3,(H,41,42). The number of nitrogens with one attached hydrogen (secondary N) is 1. The van der Waals surface area contributed by atoms with Crippen LogP contribution in [0.1, 0.15) is 110 Å². The number of pyridine rings is 2. The molecule has 0 amide bonds. The number of aromatic amines is 1. The van der Waals surface area contributed by atoms with Crippen molar-refractivity contribution in [3.63, 3.8) is 0 Å². The Morgan fingerprint density at radius 1 is 0.614 bits per heavy atom. The first-order valence-electron chi connectivity index (χ1n) is 17.1. The lowest BCUT2D eigenvalue weighted by Gasteiger charge is -2.11. The maximum absolute atomic E-state index is 6.14. The third-order valence-electron chi connectivity index (χ3n) is 8.76. The van der Waals surface area contributed by atoms with Gasteiger partial charge in [-0.05, 0) is 48.9 Å². The Morgan fingerprint density at radius 3 is 1.80 bits per heavy atom. The number of hydrogen-bond acceptors (Lipinski definition) is 5. The number of imidazole rings is 1. The minimum Gasteiger partial charge on any atom is -0.493 e. The summed E-state index contributed by atoms with van der Waals surface area (Å²) in [6, 6.07) is 14.1. The van der Waals surface area contributed by atoms with E-state index in [4.69, 9.17) is 14.5 Å². The second-order valence-electron chi connectivity index (χ2n) is 12.1. The average molecular weight is 595 g/mol. The van der Waals surface area contributed by atoms with Crippen LogP contribution in [-0.2, 0) is 0 Å². The molecule has 3 aromatic heterocycles. The maximum atomic E-state index is 6.14. The summed E-state index contributed by atoms with van der Waals surface area (Å²) >= 11 is 0. The Labute approximate surface area is 263 Å². The van der Waals surface area contributed by atoms with Crippen molar-refractivity contribution in [2.75, 3.05) is 13.7 Å². The third kappa shape index (κ3) is 8.28. The zero-order valence-electron chi connectivity index (χ0n) is 26.9. The van der Waals surface area contributed by atoms with E-state index in [1.165, 1.54) is 96.3 Å². The lowest BCUT2D eigenvalue weighted by atomic mass is 10.0. The minimum atomic E-state index is 0.705. The zero-order chi connectivity index (χ0) is 30.4. The smallest absolute Gasteiger partial charge is 0.161 e. The predicted octanol–water partition coefficient (Wildman–Crippen LogP) is 11.0. The molecule has 0 radical (unpaired) electrons. The highest BCUT2D eigenvalue weighted by molar-refractivity contribution is 6.21. The first kappa shape index (κ1) is 31.7. The molecule has 0 aliphatic heterocycles. The van der Waals surface area contributed by atoms with Gasteiger partial charge < -0.3 is 14.5 Å². The van der Waals surface area contributed by atoms with Crippen LogP contribution >= 0.6 is 0 Å². The molecule has 234 valence electrons. The van der Waals surface area contributed by atoms with E-state index >= 15 is 0 Å². The molecular weight excluding hydrogens is 544 g/mol. The molecule has 0 fully saturated rings. The zero-order valence-corrected chi connectivity index (χ0v) is 26.9. The molecule has 0 saturated carbocycles. The molecule has 0 aliphatic carbocycles. The largest absolute Gasteiger partial charge is 0.493 e. The molecule has 0 aliphatic rings. The van der Waals surface area contributed by atoms with E-state index in [2.05, 4.69) is 34.0 Å². The second-order valence-corrected chi connectivity index (χ2v) is 12.1. The molecule has 6 heteroatoms. The molecule has 0 bridgehead atoms. The average Bonchev–Trinajstić information content (AvgIpc) is 3.52. The summed E-state index contributed by atoms with van der Waals surface area (Å²) in [4.78, 5) is 17.8. The van der Waals surface area contributed by atoms with Crippen LogP contribution in [0, 0.1) is 0 Å². The fourth-order valence-corrected chi connectivity index (χ4v) is 6.25. The van der Waals surface area contributed by atoms with Crippen molar-refractivity contribution in [2.45, 2.75) is 110 Å². The van der Waals surface area contributed by atoms with Gasteiger partial charge in [-0.2, -0.15) is 0 Å². The number of fused-ring (bicyclic) bond motifs is 6. The fourth-order valence-electron chi connectivity index (χ4n) is 6.25. The number of hydrogen-bond donors (Lipinski definition) is 1. The van der Waals surface area contributed by atoms with Crippen LogP contribution in [0.3, 0.4) is 0 Å². The van der Waals surface area contributed by atoms with Gasteiger partial charge in [0.15, 0.2) is 11.5 Å². The van der Waals surface area contributed by atoms with Crippen LogP contribution in [0.2, 0.25) is 0 Å². The number of unbranched alkanes of at least 4 members (excludes halogenated alkanes) is 15. The van der Waals surface area contributed by atoms with E-state index in [9.17, 15) is 0 Å². The molecule has 0 atom stereocenters. The highest BCUT2D eigenvalue weighted by Crippen LogP contribution is 2.36. The van der Waals surface area contributed by atoms with Gasteiger partial charge in [0.05, 0.1) is 35.8 Å². The van der Waals surface area contributed by atoms with Crippen molar-refractivity contribution in [3.05, 3.63) is 54.9 Å². The fraction of sp³-hybridized carbons (Fsp3) is 0.500. The maximum Gasteiger partial charge on any atom is 0.161 e. The van der Waals surface area contributed by atoms with E-state index in [0.717, 1.165) is 62.1 Å². The minimum absolute atomic E-state index is 0.705. The predicted molar refractivity (Wildman–Crippen MR) is 184 cm³/mol. The second kappa shape index (κ2) is 17.0. The van der Waals surface area contributed by atoms with Crippen LogP contribution in [0.5, 0.6) is 11.5 Å². The number of methoxy groups -OCH3 is 1. The van der Waals surface area contributed by atoms with Crippen LogP contribution < -0.4 is 9.47 Å². The number of nitrogens with zero attached hydrogens (tertiary/aromatic N) is 3. The monoisotopic (exact) mass is 594 g/mol. The van der Waals surface area contributed by atoms with Crippen molar-refractivity contribution >= 4 is 32.8 Å². The summed E-state index contributed by atoms with van der Waals surface area (Å²) in [5, 5.41) is 2.00. The normalized spacial score (nSPS) is 11.6. The Morgan fingerprint density at radius 2 is 1.18 bits per heavy atom.